The fourth-order valence-electron chi connectivity index (χ4n) is 1.49. The van der Waals surface area contributed by atoms with Crippen LogP contribution in [0.2, 0.25) is 0 Å². The lowest BCUT2D eigenvalue weighted by atomic mass is 9.86. The Morgan fingerprint density at radius 2 is 2.00 bits per heavy atom. The van der Waals surface area contributed by atoms with E-state index < -0.39 is 0 Å². The molecule has 0 radical (unpaired) electrons. The summed E-state index contributed by atoms with van der Waals surface area (Å²) in [5, 5.41) is 0. The molecule has 0 aromatic heterocycles. The molecule has 0 bridgehead atoms. The number of carbonyl (C=O) groups excluding carboxylic acids is 1. The van der Waals surface area contributed by atoms with Crippen molar-refractivity contribution in [2.75, 3.05) is 20.6 Å². The maximum absolute atomic E-state index is 10.3. The Balaban J connectivity index is 3.88. The lowest BCUT2D eigenvalue weighted by Gasteiger charge is -2.28. The minimum Gasteiger partial charge on any atom is -0.309 e. The molecule has 0 atom stereocenters. The Kier molecular flexibility index (Phi) is 4.92. The Labute approximate surface area is 81.6 Å². The second kappa shape index (κ2) is 5.18. The lowest BCUT2D eigenvalue weighted by molar-refractivity contribution is -0.105. The molecule has 0 saturated carbocycles. The molecule has 2 nitrogen and oxygen atoms in total. The van der Waals surface area contributed by atoms with Crippen molar-refractivity contribution < 1.29 is 4.79 Å². The van der Waals surface area contributed by atoms with Gasteiger partial charge in [0.2, 0.25) is 0 Å². The largest absolute Gasteiger partial charge is 0.309 e. The molecule has 0 unspecified atom stereocenters. The molecule has 13 heavy (non-hydrogen) atoms. The van der Waals surface area contributed by atoms with Crippen molar-refractivity contribution >= 4 is 6.29 Å². The van der Waals surface area contributed by atoms with E-state index in [0.29, 0.717) is 5.57 Å². The number of rotatable bonds is 6. The number of aldehydes is 1. The van der Waals surface area contributed by atoms with E-state index in [4.69, 9.17) is 0 Å². The molecule has 0 rings (SSSR count). The van der Waals surface area contributed by atoms with Gasteiger partial charge in [-0.1, -0.05) is 20.4 Å². The highest BCUT2D eigenvalue weighted by atomic mass is 16.1. The molecule has 0 aliphatic rings. The van der Waals surface area contributed by atoms with Crippen LogP contribution in [-0.2, 0) is 4.79 Å². The third kappa shape index (κ3) is 6.52. The van der Waals surface area contributed by atoms with Gasteiger partial charge in [0.05, 0.1) is 0 Å². The molecule has 0 aliphatic carbocycles. The summed E-state index contributed by atoms with van der Waals surface area (Å²) < 4.78 is 0. The van der Waals surface area contributed by atoms with E-state index in [0.717, 1.165) is 25.7 Å². The zero-order valence-electron chi connectivity index (χ0n) is 9.26. The lowest BCUT2D eigenvalue weighted by Crippen LogP contribution is -2.28. The second-order valence-electron chi connectivity index (χ2n) is 4.68. The average molecular weight is 183 g/mol. The summed E-state index contributed by atoms with van der Waals surface area (Å²) in [5.41, 5.74) is 0.960. The summed E-state index contributed by atoms with van der Waals surface area (Å²) in [6.07, 6.45) is 2.68. The number of nitrogens with zero attached hydrogens (tertiary/aromatic N) is 1. The Morgan fingerprint density at radius 3 is 2.38 bits per heavy atom. The maximum Gasteiger partial charge on any atom is 0.145 e. The van der Waals surface area contributed by atoms with Crippen LogP contribution in [0.25, 0.3) is 0 Å². The first kappa shape index (κ1) is 12.4. The van der Waals surface area contributed by atoms with Crippen LogP contribution in [0, 0.1) is 5.41 Å². The van der Waals surface area contributed by atoms with Crippen LogP contribution >= 0.6 is 0 Å². The van der Waals surface area contributed by atoms with Gasteiger partial charge in [-0.2, -0.15) is 0 Å². The second-order valence-corrected chi connectivity index (χ2v) is 4.68. The van der Waals surface area contributed by atoms with E-state index in [1.165, 1.54) is 0 Å². The minimum absolute atomic E-state index is 0.259. The van der Waals surface area contributed by atoms with Crippen LogP contribution in [0.1, 0.15) is 26.7 Å². The molecule has 0 amide bonds. The van der Waals surface area contributed by atoms with E-state index >= 15 is 0 Å². The monoisotopic (exact) mass is 183 g/mol. The SMILES string of the molecule is C=C(C=O)CCC(C)(C)CN(C)C. The summed E-state index contributed by atoms with van der Waals surface area (Å²) in [7, 11) is 4.13. The molecule has 0 heterocycles. The van der Waals surface area contributed by atoms with Crippen molar-refractivity contribution in [3.05, 3.63) is 12.2 Å². The zero-order valence-corrected chi connectivity index (χ0v) is 9.26. The first-order valence-corrected chi connectivity index (χ1v) is 4.65. The quantitative estimate of drug-likeness (QED) is 0.464. The van der Waals surface area contributed by atoms with Gasteiger partial charge in [0.15, 0.2) is 0 Å². The number of hydrogen-bond donors (Lipinski definition) is 0. The normalized spacial score (nSPS) is 11.8. The van der Waals surface area contributed by atoms with Crippen LogP contribution in [-0.4, -0.2) is 31.8 Å². The van der Waals surface area contributed by atoms with Crippen molar-refractivity contribution in [1.82, 2.24) is 4.90 Å². The highest BCUT2D eigenvalue weighted by Gasteiger charge is 2.18. The van der Waals surface area contributed by atoms with Gasteiger partial charge in [-0.15, -0.1) is 0 Å². The van der Waals surface area contributed by atoms with Gasteiger partial charge in [0.25, 0.3) is 0 Å². The molecule has 0 N–H and O–H groups in total. The Morgan fingerprint density at radius 1 is 1.46 bits per heavy atom. The minimum atomic E-state index is 0.259. The summed E-state index contributed by atoms with van der Waals surface area (Å²) >= 11 is 0. The topological polar surface area (TPSA) is 20.3 Å². The van der Waals surface area contributed by atoms with E-state index in [-0.39, 0.29) is 5.41 Å². The van der Waals surface area contributed by atoms with Crippen LogP contribution in [0.5, 0.6) is 0 Å². The molecule has 2 heteroatoms. The number of hydrogen-bond acceptors (Lipinski definition) is 2. The standard InChI is InChI=1S/C11H21NO/c1-10(8-13)6-7-11(2,3)9-12(4)5/h8H,1,6-7,9H2,2-5H3. The number of carbonyl (C=O) groups is 1. The van der Waals surface area contributed by atoms with Gasteiger partial charge in [0.1, 0.15) is 6.29 Å². The van der Waals surface area contributed by atoms with E-state index in [9.17, 15) is 4.79 Å². The van der Waals surface area contributed by atoms with Gasteiger partial charge in [-0.3, -0.25) is 4.79 Å². The van der Waals surface area contributed by atoms with Crippen LogP contribution in [0.4, 0.5) is 0 Å². The summed E-state index contributed by atoms with van der Waals surface area (Å²) in [5.74, 6) is 0. The van der Waals surface area contributed by atoms with Crippen LogP contribution in [0.15, 0.2) is 12.2 Å². The van der Waals surface area contributed by atoms with Gasteiger partial charge in [-0.05, 0) is 37.9 Å². The van der Waals surface area contributed by atoms with Crippen molar-refractivity contribution in [2.24, 2.45) is 5.41 Å². The molecule has 0 aromatic rings. The van der Waals surface area contributed by atoms with E-state index in [1.807, 2.05) is 0 Å². The first-order chi connectivity index (χ1) is 5.87. The predicted octanol–water partition coefficient (Wildman–Crippen LogP) is 2.11. The Hall–Kier alpha value is -0.630. The third-order valence-electron chi connectivity index (χ3n) is 2.03. The smallest absolute Gasteiger partial charge is 0.145 e. The first-order valence-electron chi connectivity index (χ1n) is 4.65. The van der Waals surface area contributed by atoms with E-state index in [1.54, 1.807) is 0 Å². The molecule has 0 fully saturated rings. The molecule has 0 saturated heterocycles. The van der Waals surface area contributed by atoms with Gasteiger partial charge < -0.3 is 4.90 Å². The highest BCUT2D eigenvalue weighted by Crippen LogP contribution is 2.24. The van der Waals surface area contributed by atoms with Gasteiger partial charge in [0, 0.05) is 6.54 Å². The van der Waals surface area contributed by atoms with Crippen LogP contribution < -0.4 is 0 Å². The summed E-state index contributed by atoms with van der Waals surface area (Å²) in [6, 6.07) is 0. The van der Waals surface area contributed by atoms with Crippen molar-refractivity contribution in [3.63, 3.8) is 0 Å². The fraction of sp³-hybridized carbons (Fsp3) is 0.727. The van der Waals surface area contributed by atoms with Gasteiger partial charge in [-0.25, -0.2) is 0 Å². The average Bonchev–Trinajstić information content (AvgIpc) is 1.98. The fourth-order valence-corrected chi connectivity index (χ4v) is 1.49. The molecule has 0 aromatic carbocycles. The molecular weight excluding hydrogens is 162 g/mol. The summed E-state index contributed by atoms with van der Waals surface area (Å²) in [6.45, 7) is 9.14. The van der Waals surface area contributed by atoms with Crippen molar-refractivity contribution in [2.45, 2.75) is 26.7 Å². The number of allylic oxidation sites excluding steroid dienone is 1. The zero-order chi connectivity index (χ0) is 10.5. The van der Waals surface area contributed by atoms with Gasteiger partial charge >= 0.3 is 0 Å². The molecular formula is C11H21NO. The maximum atomic E-state index is 10.3. The third-order valence-corrected chi connectivity index (χ3v) is 2.03. The molecule has 0 spiro atoms. The van der Waals surface area contributed by atoms with Crippen molar-refractivity contribution in [3.8, 4) is 0 Å². The molecule has 76 valence electrons. The summed E-state index contributed by atoms with van der Waals surface area (Å²) in [4.78, 5) is 12.5. The Bertz CT molecular complexity index is 183. The predicted molar refractivity (Wildman–Crippen MR) is 56.8 cm³/mol. The molecule has 0 aliphatic heterocycles. The van der Waals surface area contributed by atoms with Crippen LogP contribution in [0.3, 0.4) is 0 Å². The van der Waals surface area contributed by atoms with Crippen molar-refractivity contribution in [1.29, 1.82) is 0 Å². The highest BCUT2D eigenvalue weighted by molar-refractivity contribution is 5.71. The van der Waals surface area contributed by atoms with E-state index in [2.05, 4.69) is 39.4 Å².